The fourth-order valence-corrected chi connectivity index (χ4v) is 7.23. The average molecular weight is 615 g/mol. The van der Waals surface area contributed by atoms with Crippen LogP contribution >= 0.6 is 0 Å². The number of carboxylic acids is 1. The molecule has 1 aliphatic carbocycles. The lowest BCUT2D eigenvalue weighted by atomic mass is 9.89. The molecule has 4 rings (SSSR count). The smallest absolute Gasteiger partial charge is 0.323 e. The summed E-state index contributed by atoms with van der Waals surface area (Å²) < 4.78 is 29.7. The molecule has 2 aromatic rings. The first-order chi connectivity index (χ1) is 20.5. The Hall–Kier alpha value is -3.55. The van der Waals surface area contributed by atoms with E-state index in [1.54, 1.807) is 18.2 Å². The summed E-state index contributed by atoms with van der Waals surface area (Å²) in [6.07, 6.45) is 5.64. The Kier molecular flexibility index (Phi) is 11.1. The van der Waals surface area contributed by atoms with E-state index in [4.69, 9.17) is 11.1 Å². The van der Waals surface area contributed by atoms with Crippen LogP contribution in [0.3, 0.4) is 0 Å². The highest BCUT2D eigenvalue weighted by molar-refractivity contribution is 7.89. The summed E-state index contributed by atoms with van der Waals surface area (Å²) in [6, 6.07) is 10.2. The number of guanidine groups is 1. The van der Waals surface area contributed by atoms with Gasteiger partial charge in [0.05, 0.1) is 11.3 Å². The minimum absolute atomic E-state index is 0.0825. The molecule has 43 heavy (non-hydrogen) atoms. The van der Waals surface area contributed by atoms with E-state index < -0.39 is 52.8 Å². The third-order valence-corrected chi connectivity index (χ3v) is 9.81. The molecule has 0 radical (unpaired) electrons. The quantitative estimate of drug-likeness (QED) is 0.178. The zero-order valence-electron chi connectivity index (χ0n) is 24.3. The Balaban J connectivity index is 1.62. The number of piperidine rings is 1. The molecule has 1 saturated carbocycles. The summed E-state index contributed by atoms with van der Waals surface area (Å²) in [5.74, 6) is -3.03. The van der Waals surface area contributed by atoms with Crippen molar-refractivity contribution in [3.63, 3.8) is 0 Å². The number of carbonyl (C=O) groups is 3. The van der Waals surface area contributed by atoms with E-state index in [2.05, 4.69) is 10.0 Å². The van der Waals surface area contributed by atoms with Crippen LogP contribution in [0.15, 0.2) is 47.4 Å². The molecule has 1 saturated heterocycles. The molecule has 2 amide bonds. The monoisotopic (exact) mass is 614 g/mol. The van der Waals surface area contributed by atoms with E-state index in [0.29, 0.717) is 5.39 Å². The third kappa shape index (κ3) is 8.97. The van der Waals surface area contributed by atoms with Crippen LogP contribution in [0.1, 0.15) is 51.4 Å². The van der Waals surface area contributed by atoms with Crippen molar-refractivity contribution in [1.82, 2.24) is 19.8 Å². The normalized spacial score (nSPS) is 17.3. The maximum absolute atomic E-state index is 14.0. The van der Waals surface area contributed by atoms with E-state index >= 15 is 0 Å². The second kappa shape index (κ2) is 14.8. The van der Waals surface area contributed by atoms with E-state index in [-0.39, 0.29) is 29.8 Å². The van der Waals surface area contributed by atoms with Gasteiger partial charge in [-0.15, -0.1) is 0 Å². The highest BCUT2D eigenvalue weighted by Gasteiger charge is 2.35. The lowest BCUT2D eigenvalue weighted by Crippen LogP contribution is -2.54. The molecule has 1 heterocycles. The molecule has 2 aliphatic rings. The van der Waals surface area contributed by atoms with Crippen LogP contribution < -0.4 is 15.8 Å². The van der Waals surface area contributed by atoms with Gasteiger partial charge in [0.2, 0.25) is 21.8 Å². The molecule has 2 aromatic carbocycles. The summed E-state index contributed by atoms with van der Waals surface area (Å²) in [5, 5.41) is 22.4. The molecule has 0 spiro atoms. The Morgan fingerprint density at radius 3 is 2.28 bits per heavy atom. The molecule has 0 bridgehead atoms. The number of nitrogens with two attached hydrogens (primary N) is 1. The lowest BCUT2D eigenvalue weighted by molar-refractivity contribution is -0.146. The first kappa shape index (κ1) is 32.4. The number of benzene rings is 2. The van der Waals surface area contributed by atoms with Gasteiger partial charge in [-0.1, -0.05) is 49.6 Å². The first-order valence-corrected chi connectivity index (χ1v) is 16.4. The SMILES string of the molecule is N=C(N)N(CC1CCNCC1)C(=O)CC(NS(=O)(=O)c1ccc2ccccc2c1)C(=O)N(CC(=O)O)CC1CCCCC1. The minimum atomic E-state index is -4.32. The Morgan fingerprint density at radius 2 is 1.63 bits per heavy atom. The summed E-state index contributed by atoms with van der Waals surface area (Å²) >= 11 is 0. The highest BCUT2D eigenvalue weighted by Crippen LogP contribution is 2.25. The maximum atomic E-state index is 14.0. The van der Waals surface area contributed by atoms with E-state index in [1.165, 1.54) is 12.1 Å². The average Bonchev–Trinajstić information content (AvgIpc) is 2.99. The predicted molar refractivity (Wildman–Crippen MR) is 163 cm³/mol. The lowest BCUT2D eigenvalue weighted by Gasteiger charge is -2.33. The molecular formula is C30H42N6O6S. The third-order valence-electron chi connectivity index (χ3n) is 8.34. The molecule has 234 valence electrons. The highest BCUT2D eigenvalue weighted by atomic mass is 32.2. The number of carboxylic acid groups (broad SMARTS) is 1. The summed E-state index contributed by atoms with van der Waals surface area (Å²) in [7, 11) is -4.32. The van der Waals surface area contributed by atoms with E-state index in [1.807, 2.05) is 12.1 Å². The van der Waals surface area contributed by atoms with Gasteiger partial charge in [0.25, 0.3) is 0 Å². The van der Waals surface area contributed by atoms with Gasteiger partial charge in [-0.2, -0.15) is 4.72 Å². The number of carbonyl (C=O) groups excluding carboxylic acids is 2. The standard InChI is InChI=1S/C30H42N6O6S/c31-30(32)36(19-22-12-14-33-15-13-22)27(37)17-26(29(40)35(20-28(38)39)18-21-6-2-1-3-7-21)34-43(41,42)25-11-10-23-8-4-5-9-24(23)16-25/h4-5,8-11,16,21-22,26,33-34H,1-3,6-7,12-15,17-20H2,(H3,31,32)(H,38,39). The van der Waals surface area contributed by atoms with Gasteiger partial charge in [-0.05, 0) is 73.5 Å². The summed E-state index contributed by atoms with van der Waals surface area (Å²) in [6.45, 7) is 1.24. The van der Waals surface area contributed by atoms with Crippen LogP contribution in [-0.4, -0.2) is 85.8 Å². The number of sulfonamides is 1. The zero-order valence-corrected chi connectivity index (χ0v) is 25.2. The van der Waals surface area contributed by atoms with Gasteiger partial charge in [-0.25, -0.2) is 8.42 Å². The fourth-order valence-electron chi connectivity index (χ4n) is 6.01. The zero-order chi connectivity index (χ0) is 31.0. The largest absolute Gasteiger partial charge is 0.480 e. The van der Waals surface area contributed by atoms with Gasteiger partial charge in [0, 0.05) is 13.1 Å². The summed E-state index contributed by atoms with van der Waals surface area (Å²) in [5.41, 5.74) is 5.79. The van der Waals surface area contributed by atoms with Gasteiger partial charge in [0.1, 0.15) is 12.6 Å². The van der Waals surface area contributed by atoms with Crippen LogP contribution in [0.2, 0.25) is 0 Å². The molecule has 6 N–H and O–H groups in total. The molecule has 1 aliphatic heterocycles. The van der Waals surface area contributed by atoms with Crippen molar-refractivity contribution in [3.05, 3.63) is 42.5 Å². The number of fused-ring (bicyclic) bond motifs is 1. The van der Waals surface area contributed by atoms with E-state index in [0.717, 1.165) is 73.2 Å². The van der Waals surface area contributed by atoms with Crippen molar-refractivity contribution in [2.24, 2.45) is 17.6 Å². The van der Waals surface area contributed by atoms with Crippen LogP contribution in [-0.2, 0) is 24.4 Å². The van der Waals surface area contributed by atoms with Crippen LogP contribution in [0.5, 0.6) is 0 Å². The molecule has 2 fully saturated rings. The number of nitrogens with zero attached hydrogens (tertiary/aromatic N) is 2. The molecular weight excluding hydrogens is 572 g/mol. The van der Waals surface area contributed by atoms with Crippen molar-refractivity contribution in [3.8, 4) is 0 Å². The van der Waals surface area contributed by atoms with Crippen molar-refractivity contribution < 1.29 is 27.9 Å². The van der Waals surface area contributed by atoms with Crippen molar-refractivity contribution >= 4 is 44.5 Å². The Morgan fingerprint density at radius 1 is 0.977 bits per heavy atom. The number of rotatable bonds is 12. The van der Waals surface area contributed by atoms with Crippen LogP contribution in [0, 0.1) is 17.2 Å². The number of amides is 2. The molecule has 13 heteroatoms. The number of aliphatic carboxylic acids is 1. The van der Waals surface area contributed by atoms with Crippen LogP contribution in [0.25, 0.3) is 10.8 Å². The van der Waals surface area contributed by atoms with E-state index in [9.17, 15) is 27.9 Å². The second-order valence-corrected chi connectivity index (χ2v) is 13.3. The van der Waals surface area contributed by atoms with Gasteiger partial charge in [-0.3, -0.25) is 24.7 Å². The van der Waals surface area contributed by atoms with Gasteiger partial charge in [0.15, 0.2) is 5.96 Å². The minimum Gasteiger partial charge on any atom is -0.480 e. The predicted octanol–water partition coefficient (Wildman–Crippen LogP) is 2.09. The fraction of sp³-hybridized carbons (Fsp3) is 0.533. The number of nitrogens with one attached hydrogen (secondary N) is 3. The topological polar surface area (TPSA) is 186 Å². The maximum Gasteiger partial charge on any atom is 0.323 e. The molecule has 1 unspecified atom stereocenters. The Labute approximate surface area is 252 Å². The summed E-state index contributed by atoms with van der Waals surface area (Å²) in [4.78, 5) is 41.5. The van der Waals surface area contributed by atoms with Gasteiger partial charge < -0.3 is 21.1 Å². The number of hydrogen-bond acceptors (Lipinski definition) is 7. The molecule has 0 aromatic heterocycles. The van der Waals surface area contributed by atoms with Gasteiger partial charge >= 0.3 is 5.97 Å². The number of hydrogen-bond donors (Lipinski definition) is 5. The van der Waals surface area contributed by atoms with Crippen molar-refractivity contribution in [2.75, 3.05) is 32.7 Å². The van der Waals surface area contributed by atoms with Crippen molar-refractivity contribution in [2.45, 2.75) is 62.3 Å². The Bertz CT molecular complexity index is 1420. The van der Waals surface area contributed by atoms with Crippen LogP contribution in [0.4, 0.5) is 0 Å². The van der Waals surface area contributed by atoms with Crippen molar-refractivity contribution in [1.29, 1.82) is 5.41 Å². The molecule has 1 atom stereocenters. The molecule has 12 nitrogen and oxygen atoms in total. The second-order valence-electron chi connectivity index (χ2n) is 11.6. The first-order valence-electron chi connectivity index (χ1n) is 14.9.